The maximum atomic E-state index is 13.0. The molecule has 2 nitrogen and oxygen atoms in total. The lowest BCUT2D eigenvalue weighted by Crippen LogP contribution is -2.20. The molecule has 0 aliphatic carbocycles. The van der Waals surface area contributed by atoms with Crippen molar-refractivity contribution in [1.29, 1.82) is 0 Å². The number of benzene rings is 1. The van der Waals surface area contributed by atoms with E-state index in [0.29, 0.717) is 6.42 Å². The first kappa shape index (κ1) is 12.7. The predicted molar refractivity (Wildman–Crippen MR) is 66.5 cm³/mol. The van der Waals surface area contributed by atoms with Gasteiger partial charge in [0, 0.05) is 13.0 Å². The molecule has 1 aliphatic rings. The molecule has 3 heteroatoms. The van der Waals surface area contributed by atoms with Crippen molar-refractivity contribution in [3.63, 3.8) is 0 Å². The summed E-state index contributed by atoms with van der Waals surface area (Å²) in [5, 5.41) is 3.18. The molecule has 16 heavy (non-hydrogen) atoms. The summed E-state index contributed by atoms with van der Waals surface area (Å²) in [5.74, 6) is 0.794. The molecule has 1 aliphatic heterocycles. The summed E-state index contributed by atoms with van der Waals surface area (Å²) in [6, 6.07) is 4.88. The maximum Gasteiger partial charge on any atom is 0.123 e. The minimum atomic E-state index is -0.177. The van der Waals surface area contributed by atoms with Gasteiger partial charge in [0.1, 0.15) is 11.7 Å². The first-order valence-electron chi connectivity index (χ1n) is 5.78. The highest BCUT2D eigenvalue weighted by Gasteiger charge is 2.08. The Morgan fingerprint density at radius 3 is 2.75 bits per heavy atom. The van der Waals surface area contributed by atoms with Crippen molar-refractivity contribution < 1.29 is 4.39 Å². The van der Waals surface area contributed by atoms with Crippen molar-refractivity contribution in [1.82, 2.24) is 5.32 Å². The van der Waals surface area contributed by atoms with Gasteiger partial charge in [-0.05, 0) is 30.2 Å². The molecule has 0 bridgehead atoms. The van der Waals surface area contributed by atoms with Crippen molar-refractivity contribution >= 4 is 5.84 Å². The Hall–Kier alpha value is -1.38. The highest BCUT2D eigenvalue weighted by molar-refractivity contribution is 5.85. The van der Waals surface area contributed by atoms with Crippen LogP contribution in [0.5, 0.6) is 0 Å². The Morgan fingerprint density at radius 2 is 2.12 bits per heavy atom. The van der Waals surface area contributed by atoms with Crippen molar-refractivity contribution in [2.24, 2.45) is 4.99 Å². The fourth-order valence-corrected chi connectivity index (χ4v) is 1.58. The van der Waals surface area contributed by atoms with Gasteiger partial charge in [0.25, 0.3) is 0 Å². The molecule has 1 aromatic carbocycles. The van der Waals surface area contributed by atoms with Crippen LogP contribution in [0.3, 0.4) is 0 Å². The number of rotatable bonds is 2. The third-order valence-electron chi connectivity index (χ3n) is 2.41. The van der Waals surface area contributed by atoms with E-state index in [1.807, 2.05) is 20.8 Å². The van der Waals surface area contributed by atoms with Crippen molar-refractivity contribution in [2.45, 2.75) is 27.2 Å². The van der Waals surface area contributed by atoms with Crippen LogP contribution in [0.15, 0.2) is 23.2 Å². The Labute approximate surface area is 96.6 Å². The zero-order valence-corrected chi connectivity index (χ0v) is 10.2. The van der Waals surface area contributed by atoms with Gasteiger partial charge in [-0.15, -0.1) is 0 Å². The zero-order chi connectivity index (χ0) is 12.0. The minimum Gasteiger partial charge on any atom is -0.372 e. The van der Waals surface area contributed by atoms with Crippen molar-refractivity contribution in [3.05, 3.63) is 35.1 Å². The Morgan fingerprint density at radius 1 is 1.38 bits per heavy atom. The molecule has 88 valence electrons. The van der Waals surface area contributed by atoms with Crippen LogP contribution in [0, 0.1) is 12.7 Å². The van der Waals surface area contributed by atoms with Crippen LogP contribution in [-0.4, -0.2) is 18.9 Å². The van der Waals surface area contributed by atoms with Gasteiger partial charge < -0.3 is 5.32 Å². The van der Waals surface area contributed by atoms with Gasteiger partial charge in [0.2, 0.25) is 0 Å². The average molecular weight is 222 g/mol. The number of aryl methyl sites for hydroxylation is 1. The van der Waals surface area contributed by atoms with Gasteiger partial charge in [-0.1, -0.05) is 19.9 Å². The number of aliphatic imine (C=N–C) groups is 1. The number of hydrogen-bond donors (Lipinski definition) is 1. The lowest BCUT2D eigenvalue weighted by molar-refractivity contribution is 0.625. The molecule has 1 heterocycles. The predicted octanol–water partition coefficient (Wildman–Crippen LogP) is 2.70. The van der Waals surface area contributed by atoms with Gasteiger partial charge in [-0.3, -0.25) is 4.99 Å². The standard InChI is InChI=1S/C11H13FN2.C2H6/c1-8-2-3-10(12)6-9(8)7-11-13-4-5-14-11;1-2/h2-3,6H,4-5,7H2,1H3,(H,13,14);1-2H3. The number of amidine groups is 1. The van der Waals surface area contributed by atoms with Crippen LogP contribution in [0.4, 0.5) is 4.39 Å². The number of hydrogen-bond acceptors (Lipinski definition) is 2. The average Bonchev–Trinajstić information content (AvgIpc) is 2.79. The van der Waals surface area contributed by atoms with E-state index in [-0.39, 0.29) is 5.82 Å². The number of halogens is 1. The summed E-state index contributed by atoms with van der Waals surface area (Å²) >= 11 is 0. The molecule has 1 aromatic rings. The van der Waals surface area contributed by atoms with Crippen LogP contribution < -0.4 is 5.32 Å². The summed E-state index contributed by atoms with van der Waals surface area (Å²) in [7, 11) is 0. The third kappa shape index (κ3) is 3.33. The molecule has 0 saturated heterocycles. The number of nitrogens with one attached hydrogen (secondary N) is 1. The molecular formula is C13H19FN2. The van der Waals surface area contributed by atoms with E-state index in [1.54, 1.807) is 12.1 Å². The topological polar surface area (TPSA) is 24.4 Å². The van der Waals surface area contributed by atoms with E-state index in [1.165, 1.54) is 6.07 Å². The van der Waals surface area contributed by atoms with Crippen LogP contribution in [0.25, 0.3) is 0 Å². The SMILES string of the molecule is CC.Cc1ccc(F)cc1CC1=NCCN1. The Kier molecular flexibility index (Phi) is 4.96. The van der Waals surface area contributed by atoms with Crippen LogP contribution in [0.2, 0.25) is 0 Å². The lowest BCUT2D eigenvalue weighted by Gasteiger charge is -2.06. The van der Waals surface area contributed by atoms with Gasteiger partial charge in [0.15, 0.2) is 0 Å². The van der Waals surface area contributed by atoms with Gasteiger partial charge in [0.05, 0.1) is 6.54 Å². The molecule has 0 unspecified atom stereocenters. The molecule has 0 fully saturated rings. The van der Waals surface area contributed by atoms with Crippen LogP contribution >= 0.6 is 0 Å². The van der Waals surface area contributed by atoms with Crippen LogP contribution in [-0.2, 0) is 6.42 Å². The summed E-state index contributed by atoms with van der Waals surface area (Å²) in [4.78, 5) is 4.28. The van der Waals surface area contributed by atoms with Crippen LogP contribution in [0.1, 0.15) is 25.0 Å². The normalized spacial score (nSPS) is 13.6. The Bertz CT molecular complexity index is 372. The largest absolute Gasteiger partial charge is 0.372 e. The van der Waals surface area contributed by atoms with E-state index in [9.17, 15) is 4.39 Å². The molecule has 2 rings (SSSR count). The first-order chi connectivity index (χ1) is 7.75. The Balaban J connectivity index is 0.000000606. The fourth-order valence-electron chi connectivity index (χ4n) is 1.58. The van der Waals surface area contributed by atoms with E-state index in [2.05, 4.69) is 10.3 Å². The summed E-state index contributed by atoms with van der Waals surface area (Å²) in [5.41, 5.74) is 2.13. The molecule has 1 N–H and O–H groups in total. The maximum absolute atomic E-state index is 13.0. The smallest absolute Gasteiger partial charge is 0.123 e. The highest BCUT2D eigenvalue weighted by Crippen LogP contribution is 2.11. The molecule has 0 spiro atoms. The fraction of sp³-hybridized carbons (Fsp3) is 0.462. The zero-order valence-electron chi connectivity index (χ0n) is 10.2. The molecule has 0 atom stereocenters. The quantitative estimate of drug-likeness (QED) is 0.817. The van der Waals surface area contributed by atoms with Crippen molar-refractivity contribution in [2.75, 3.05) is 13.1 Å². The second-order valence-electron chi connectivity index (χ2n) is 3.50. The van der Waals surface area contributed by atoms with Gasteiger partial charge in [-0.25, -0.2) is 4.39 Å². The minimum absolute atomic E-state index is 0.177. The van der Waals surface area contributed by atoms with Gasteiger partial charge in [-0.2, -0.15) is 0 Å². The van der Waals surface area contributed by atoms with Crippen molar-refractivity contribution in [3.8, 4) is 0 Å². The molecule has 0 amide bonds. The summed E-state index contributed by atoms with van der Waals surface area (Å²) < 4.78 is 13.0. The van der Waals surface area contributed by atoms with E-state index in [0.717, 1.165) is 30.1 Å². The second-order valence-corrected chi connectivity index (χ2v) is 3.50. The van der Waals surface area contributed by atoms with Gasteiger partial charge >= 0.3 is 0 Å². The summed E-state index contributed by atoms with van der Waals surface area (Å²) in [6.07, 6.45) is 0.712. The second kappa shape index (κ2) is 6.26. The molecule has 0 aromatic heterocycles. The summed E-state index contributed by atoms with van der Waals surface area (Å²) in [6.45, 7) is 7.73. The van der Waals surface area contributed by atoms with E-state index < -0.39 is 0 Å². The number of nitrogens with zero attached hydrogens (tertiary/aromatic N) is 1. The molecular weight excluding hydrogens is 203 g/mol. The molecule has 0 saturated carbocycles. The monoisotopic (exact) mass is 222 g/mol. The van der Waals surface area contributed by atoms with E-state index in [4.69, 9.17) is 0 Å². The molecule has 0 radical (unpaired) electrons. The highest BCUT2D eigenvalue weighted by atomic mass is 19.1. The first-order valence-corrected chi connectivity index (χ1v) is 5.78. The van der Waals surface area contributed by atoms with E-state index >= 15 is 0 Å². The lowest BCUT2D eigenvalue weighted by atomic mass is 10.1. The third-order valence-corrected chi connectivity index (χ3v) is 2.41.